The van der Waals surface area contributed by atoms with Crippen LogP contribution < -0.4 is 5.32 Å². The predicted molar refractivity (Wildman–Crippen MR) is 114 cm³/mol. The van der Waals surface area contributed by atoms with Crippen molar-refractivity contribution in [3.63, 3.8) is 0 Å². The molecule has 7 heteroatoms. The fourth-order valence-electron chi connectivity index (χ4n) is 5.36. The Morgan fingerprint density at radius 2 is 1.83 bits per heavy atom. The van der Waals surface area contributed by atoms with E-state index in [2.05, 4.69) is 11.4 Å². The van der Waals surface area contributed by atoms with Crippen LogP contribution in [0.3, 0.4) is 0 Å². The van der Waals surface area contributed by atoms with Crippen LogP contribution in [0.5, 0.6) is 0 Å². The summed E-state index contributed by atoms with van der Waals surface area (Å²) >= 11 is 0. The Morgan fingerprint density at radius 3 is 2.40 bits per heavy atom. The van der Waals surface area contributed by atoms with Gasteiger partial charge in [0.05, 0.1) is 0 Å². The monoisotopic (exact) mass is 442 g/mol. The van der Waals surface area contributed by atoms with Crippen LogP contribution in [-0.4, -0.2) is 42.2 Å². The number of alkyl halides is 3. The first-order valence-electron chi connectivity index (χ1n) is 10.7. The van der Waals surface area contributed by atoms with Gasteiger partial charge in [0.1, 0.15) is 0 Å². The average Bonchev–Trinajstić information content (AvgIpc) is 3.46. The Bertz CT molecular complexity index is 766. The molecule has 3 aliphatic rings. The first-order chi connectivity index (χ1) is 13.8. The highest BCUT2D eigenvalue weighted by Crippen LogP contribution is 2.54. The number of benzene rings is 1. The van der Waals surface area contributed by atoms with Gasteiger partial charge >= 0.3 is 12.1 Å². The molecule has 2 aliphatic carbocycles. The molecule has 0 unspecified atom stereocenters. The third-order valence-corrected chi connectivity index (χ3v) is 7.02. The highest BCUT2D eigenvalue weighted by atomic mass is 35.5. The number of carbonyl (C=O) groups is 1. The molecule has 2 atom stereocenters. The molecule has 4 rings (SSSR count). The fourth-order valence-corrected chi connectivity index (χ4v) is 5.36. The van der Waals surface area contributed by atoms with E-state index in [1.165, 1.54) is 4.90 Å². The lowest BCUT2D eigenvalue weighted by molar-refractivity contribution is -0.193. The molecule has 30 heavy (non-hydrogen) atoms. The van der Waals surface area contributed by atoms with E-state index in [0.29, 0.717) is 19.3 Å². The summed E-state index contributed by atoms with van der Waals surface area (Å²) in [7, 11) is 0. The topological polar surface area (TPSA) is 32.3 Å². The lowest BCUT2D eigenvalue weighted by atomic mass is 9.60. The van der Waals surface area contributed by atoms with Crippen LogP contribution in [0.1, 0.15) is 51.0 Å². The Kier molecular flexibility index (Phi) is 6.87. The lowest BCUT2D eigenvalue weighted by Crippen LogP contribution is -2.59. The number of carbonyl (C=O) groups excluding carboxylic acids is 1. The molecular weight excluding hydrogens is 413 g/mol. The molecule has 1 aliphatic heterocycles. The quantitative estimate of drug-likeness (QED) is 0.678. The highest BCUT2D eigenvalue weighted by molar-refractivity contribution is 5.85. The van der Waals surface area contributed by atoms with Crippen molar-refractivity contribution in [3.05, 3.63) is 41.5 Å². The van der Waals surface area contributed by atoms with Gasteiger partial charge < -0.3 is 10.2 Å². The van der Waals surface area contributed by atoms with Gasteiger partial charge in [-0.1, -0.05) is 48.9 Å². The van der Waals surface area contributed by atoms with Gasteiger partial charge in [0.15, 0.2) is 0 Å². The molecule has 0 bridgehead atoms. The van der Waals surface area contributed by atoms with Crippen molar-refractivity contribution >= 4 is 24.4 Å². The minimum atomic E-state index is -4.81. The number of hydrogen-bond acceptors (Lipinski definition) is 2. The molecule has 1 aromatic carbocycles. The number of halogens is 4. The molecule has 1 aromatic rings. The molecule has 1 spiro atoms. The number of piperidine rings is 1. The average molecular weight is 443 g/mol. The zero-order chi connectivity index (χ0) is 20.6. The second-order valence-corrected chi connectivity index (χ2v) is 8.92. The van der Waals surface area contributed by atoms with Crippen LogP contribution >= 0.6 is 12.4 Å². The number of amides is 1. The number of nitrogens with one attached hydrogen (secondary N) is 1. The smallest absolute Gasteiger partial charge is 0.328 e. The van der Waals surface area contributed by atoms with Gasteiger partial charge in [-0.2, -0.15) is 13.2 Å². The minimum absolute atomic E-state index is 0. The molecule has 2 saturated carbocycles. The summed E-state index contributed by atoms with van der Waals surface area (Å²) in [5.41, 5.74) is 2.33. The number of hydrogen-bond donors (Lipinski definition) is 1. The summed E-state index contributed by atoms with van der Waals surface area (Å²) < 4.78 is 40.1. The summed E-state index contributed by atoms with van der Waals surface area (Å²) in [5.74, 6) is -1.61. The molecule has 1 saturated heterocycles. The van der Waals surface area contributed by atoms with Crippen LogP contribution in [0, 0.1) is 11.3 Å². The first kappa shape index (κ1) is 23.1. The Hall–Kier alpha value is -1.53. The van der Waals surface area contributed by atoms with Crippen molar-refractivity contribution in [1.82, 2.24) is 10.2 Å². The number of nitrogens with zero attached hydrogens (tertiary/aromatic N) is 1. The van der Waals surface area contributed by atoms with Gasteiger partial charge in [0.25, 0.3) is 0 Å². The molecule has 166 valence electrons. The molecule has 3 nitrogen and oxygen atoms in total. The van der Waals surface area contributed by atoms with Crippen molar-refractivity contribution in [2.24, 2.45) is 11.3 Å². The summed E-state index contributed by atoms with van der Waals surface area (Å²) in [6, 6.07) is 9.26. The summed E-state index contributed by atoms with van der Waals surface area (Å²) in [5, 5.41) is 3.32. The fraction of sp³-hybridized carbons (Fsp3) is 0.609. The third-order valence-electron chi connectivity index (χ3n) is 7.02. The van der Waals surface area contributed by atoms with Gasteiger partial charge in [0.2, 0.25) is 0 Å². The summed E-state index contributed by atoms with van der Waals surface area (Å²) in [4.78, 5) is 13.6. The Balaban J connectivity index is 0.00000256. The zero-order valence-corrected chi connectivity index (χ0v) is 18.1. The van der Waals surface area contributed by atoms with Gasteiger partial charge in [-0.25, -0.2) is 0 Å². The van der Waals surface area contributed by atoms with Crippen LogP contribution in [0.15, 0.2) is 35.9 Å². The number of rotatable bonds is 5. The summed E-state index contributed by atoms with van der Waals surface area (Å²) in [6.45, 7) is 3.88. The molecule has 1 heterocycles. The standard InChI is InChI=1S/C23H29F3N2O.ClH/c1-2-17(12-16-6-4-3-5-7-16)19-13-20(19)28(21(29)23(24,25)26)18-14-22(15-18)8-10-27-11-9-22;/h3-7,12,18-20,27H,2,8-11,13-15H2,1H3;1H/t19-,20+;/m0./s1. The van der Waals surface area contributed by atoms with Crippen molar-refractivity contribution < 1.29 is 18.0 Å². The molecule has 1 amide bonds. The second-order valence-electron chi connectivity index (χ2n) is 8.92. The van der Waals surface area contributed by atoms with E-state index in [1.807, 2.05) is 37.3 Å². The van der Waals surface area contributed by atoms with Gasteiger partial charge in [-0.15, -0.1) is 12.4 Å². The Labute approximate surface area is 182 Å². The maximum atomic E-state index is 13.4. The SMILES string of the molecule is CCC(=Cc1ccccc1)[C@@H]1C[C@H]1N(C(=O)C(F)(F)F)C1CC2(CCNCC2)C1.Cl. The van der Waals surface area contributed by atoms with Crippen molar-refractivity contribution in [1.29, 1.82) is 0 Å². The van der Waals surface area contributed by atoms with E-state index in [0.717, 1.165) is 43.5 Å². The van der Waals surface area contributed by atoms with Crippen LogP contribution in [0.4, 0.5) is 13.2 Å². The van der Waals surface area contributed by atoms with Crippen molar-refractivity contribution in [2.45, 2.75) is 63.7 Å². The van der Waals surface area contributed by atoms with E-state index in [4.69, 9.17) is 0 Å². The van der Waals surface area contributed by atoms with E-state index in [1.54, 1.807) is 0 Å². The Morgan fingerprint density at radius 1 is 1.20 bits per heavy atom. The lowest BCUT2D eigenvalue weighted by Gasteiger charge is -2.54. The van der Waals surface area contributed by atoms with E-state index < -0.39 is 12.1 Å². The predicted octanol–water partition coefficient (Wildman–Crippen LogP) is 5.21. The van der Waals surface area contributed by atoms with Gasteiger partial charge in [0, 0.05) is 18.0 Å². The van der Waals surface area contributed by atoms with Crippen LogP contribution in [0.2, 0.25) is 0 Å². The molecule has 3 fully saturated rings. The maximum Gasteiger partial charge on any atom is 0.471 e. The molecule has 0 aromatic heterocycles. The second kappa shape index (κ2) is 8.91. The van der Waals surface area contributed by atoms with Gasteiger partial charge in [-0.05, 0) is 62.6 Å². The largest absolute Gasteiger partial charge is 0.471 e. The van der Waals surface area contributed by atoms with E-state index >= 15 is 0 Å². The molecule has 1 N–H and O–H groups in total. The minimum Gasteiger partial charge on any atom is -0.328 e. The van der Waals surface area contributed by atoms with Crippen molar-refractivity contribution in [2.75, 3.05) is 13.1 Å². The highest BCUT2D eigenvalue weighted by Gasteiger charge is 2.58. The van der Waals surface area contributed by atoms with Crippen molar-refractivity contribution in [3.8, 4) is 0 Å². The summed E-state index contributed by atoms with van der Waals surface area (Å²) in [6.07, 6.45) is 2.12. The third kappa shape index (κ3) is 4.70. The van der Waals surface area contributed by atoms with Crippen LogP contribution in [-0.2, 0) is 4.79 Å². The van der Waals surface area contributed by atoms with E-state index in [9.17, 15) is 18.0 Å². The molecular formula is C23H30ClF3N2O. The first-order valence-corrected chi connectivity index (χ1v) is 10.7. The maximum absolute atomic E-state index is 13.4. The van der Waals surface area contributed by atoms with Gasteiger partial charge in [-0.3, -0.25) is 4.79 Å². The normalized spacial score (nSPS) is 25.9. The van der Waals surface area contributed by atoms with E-state index in [-0.39, 0.29) is 35.8 Å². The zero-order valence-electron chi connectivity index (χ0n) is 17.3. The van der Waals surface area contributed by atoms with Crippen LogP contribution in [0.25, 0.3) is 6.08 Å². The molecule has 0 radical (unpaired) electrons.